The molecule has 0 aliphatic carbocycles. The molecular formula is C18H36NO7S+. The molecule has 0 fully saturated rings. The van der Waals surface area contributed by atoms with Crippen LogP contribution in [0.5, 0.6) is 0 Å². The second kappa shape index (κ2) is 14.1. The SMILES string of the molecule is C=C(C)C(=[OH+])OCCOCCOCC[N+](CC)(CC)CCCCS(=O)(=O)[O-]. The number of carbonyl (C=O) groups excluding carboxylic acids is 1. The largest absolute Gasteiger partial charge is 0.748 e. The summed E-state index contributed by atoms with van der Waals surface area (Å²) in [5.74, 6) is -0.462. The number of unbranched alkanes of at least 4 members (excludes halogenated alkanes) is 1. The second-order valence-electron chi connectivity index (χ2n) is 6.55. The fourth-order valence-electron chi connectivity index (χ4n) is 2.59. The molecule has 0 atom stereocenters. The van der Waals surface area contributed by atoms with E-state index in [0.717, 1.165) is 30.7 Å². The van der Waals surface area contributed by atoms with Crippen molar-refractivity contribution in [2.45, 2.75) is 33.6 Å². The zero-order chi connectivity index (χ0) is 20.8. The molecule has 0 aliphatic rings. The Morgan fingerprint density at radius 2 is 1.56 bits per heavy atom. The van der Waals surface area contributed by atoms with Crippen molar-refractivity contribution < 1.29 is 36.5 Å². The Morgan fingerprint density at radius 3 is 2.07 bits per heavy atom. The van der Waals surface area contributed by atoms with Crippen molar-refractivity contribution in [1.29, 1.82) is 0 Å². The molecule has 0 heterocycles. The van der Waals surface area contributed by atoms with Crippen LogP contribution in [0.2, 0.25) is 0 Å². The summed E-state index contributed by atoms with van der Waals surface area (Å²) in [7, 11) is -4.12. The van der Waals surface area contributed by atoms with Crippen molar-refractivity contribution in [3.05, 3.63) is 12.2 Å². The number of ether oxygens (including phenoxy) is 3. The molecule has 8 nitrogen and oxygen atoms in total. The van der Waals surface area contributed by atoms with Gasteiger partial charge in [0.25, 0.3) is 0 Å². The molecule has 27 heavy (non-hydrogen) atoms. The van der Waals surface area contributed by atoms with E-state index >= 15 is 0 Å². The van der Waals surface area contributed by atoms with Crippen LogP contribution in [0.4, 0.5) is 0 Å². The van der Waals surface area contributed by atoms with Gasteiger partial charge in [-0.05, 0) is 33.6 Å². The lowest BCUT2D eigenvalue weighted by Gasteiger charge is -2.37. The number of likely N-dealkylation sites (N-methyl/N-ethyl adjacent to an activating group) is 1. The maximum Gasteiger partial charge on any atom is 0.512 e. The predicted molar refractivity (Wildman–Crippen MR) is 104 cm³/mol. The molecule has 0 amide bonds. The van der Waals surface area contributed by atoms with Crippen molar-refractivity contribution in [3.8, 4) is 0 Å². The average Bonchev–Trinajstić information content (AvgIpc) is 2.61. The van der Waals surface area contributed by atoms with E-state index in [0.29, 0.717) is 44.8 Å². The van der Waals surface area contributed by atoms with Gasteiger partial charge in [-0.1, -0.05) is 6.58 Å². The maximum absolute atomic E-state index is 10.7. The molecule has 9 heteroatoms. The fraction of sp³-hybridized carbons (Fsp3) is 0.833. The van der Waals surface area contributed by atoms with Gasteiger partial charge in [0.05, 0.1) is 55.1 Å². The molecule has 0 aliphatic heterocycles. The highest BCUT2D eigenvalue weighted by Gasteiger charge is 2.22. The standard InChI is InChI=1S/C18H35NO7S/c1-5-19(6-2,9-7-8-16-27(21,22)23)10-11-24-12-13-25-14-15-26-18(20)17(3)4/h3,5-16H2,1-2,4H3/p+1. The third kappa shape index (κ3) is 13.8. The van der Waals surface area contributed by atoms with E-state index in [1.807, 2.05) is 0 Å². The first-order valence-electron chi connectivity index (χ1n) is 9.44. The van der Waals surface area contributed by atoms with E-state index in [-0.39, 0.29) is 18.3 Å². The summed E-state index contributed by atoms with van der Waals surface area (Å²) in [6, 6.07) is 0. The van der Waals surface area contributed by atoms with Crippen molar-refractivity contribution in [2.24, 2.45) is 0 Å². The molecule has 0 aromatic heterocycles. The smallest absolute Gasteiger partial charge is 0.512 e. The average molecular weight is 411 g/mol. The fourth-order valence-corrected chi connectivity index (χ4v) is 3.15. The number of hydrogen-bond acceptors (Lipinski definition) is 6. The zero-order valence-corrected chi connectivity index (χ0v) is 17.8. The normalized spacial score (nSPS) is 12.1. The molecule has 0 bridgehead atoms. The van der Waals surface area contributed by atoms with Crippen molar-refractivity contribution in [1.82, 2.24) is 0 Å². The van der Waals surface area contributed by atoms with Crippen LogP contribution in [0.3, 0.4) is 0 Å². The van der Waals surface area contributed by atoms with Gasteiger partial charge in [-0.15, -0.1) is 0 Å². The van der Waals surface area contributed by atoms with Crippen LogP contribution in [0.15, 0.2) is 12.2 Å². The molecule has 0 unspecified atom stereocenters. The van der Waals surface area contributed by atoms with Crippen LogP contribution in [0.25, 0.3) is 0 Å². The van der Waals surface area contributed by atoms with E-state index < -0.39 is 10.1 Å². The first-order valence-corrected chi connectivity index (χ1v) is 11.0. The maximum atomic E-state index is 10.7. The minimum atomic E-state index is -4.12. The summed E-state index contributed by atoms with van der Waals surface area (Å²) >= 11 is 0. The molecule has 0 saturated heterocycles. The number of rotatable bonds is 17. The lowest BCUT2D eigenvalue weighted by atomic mass is 10.2. The molecular weight excluding hydrogens is 374 g/mol. The van der Waals surface area contributed by atoms with Gasteiger partial charge in [-0.3, -0.25) is 0 Å². The van der Waals surface area contributed by atoms with Gasteiger partial charge in [0.2, 0.25) is 6.61 Å². The number of hydrogen-bond donors (Lipinski definition) is 0. The first kappa shape index (κ1) is 26.0. The highest BCUT2D eigenvalue weighted by atomic mass is 32.2. The van der Waals surface area contributed by atoms with Crippen molar-refractivity contribution >= 4 is 16.1 Å². The summed E-state index contributed by atoms with van der Waals surface area (Å²) in [5.41, 5.74) is 0.474. The Hall–Kier alpha value is -1.00. The number of quaternary nitrogens is 1. The van der Waals surface area contributed by atoms with Crippen LogP contribution in [0.1, 0.15) is 33.6 Å². The van der Waals surface area contributed by atoms with Gasteiger partial charge in [0, 0.05) is 5.75 Å². The summed E-state index contributed by atoms with van der Waals surface area (Å²) in [6.45, 7) is 15.1. The minimum Gasteiger partial charge on any atom is -0.748 e. The minimum absolute atomic E-state index is 0.170. The molecule has 0 saturated carbocycles. The van der Waals surface area contributed by atoms with Crippen LogP contribution >= 0.6 is 0 Å². The van der Waals surface area contributed by atoms with E-state index in [1.54, 1.807) is 6.92 Å². The topological polar surface area (TPSA) is 106 Å². The van der Waals surface area contributed by atoms with Gasteiger partial charge in [0.1, 0.15) is 13.2 Å². The van der Waals surface area contributed by atoms with Gasteiger partial charge in [0.15, 0.2) is 0 Å². The van der Waals surface area contributed by atoms with Gasteiger partial charge < -0.3 is 28.0 Å². The Labute approximate surface area is 163 Å². The van der Waals surface area contributed by atoms with E-state index in [2.05, 4.69) is 20.4 Å². The van der Waals surface area contributed by atoms with Crippen LogP contribution in [-0.2, 0) is 24.3 Å². The molecule has 0 spiro atoms. The predicted octanol–water partition coefficient (Wildman–Crippen LogP) is 1.30. The van der Waals surface area contributed by atoms with Gasteiger partial charge in [-0.2, -0.15) is 0 Å². The van der Waals surface area contributed by atoms with Crippen molar-refractivity contribution in [2.75, 3.05) is 65.0 Å². The van der Waals surface area contributed by atoms with Crippen LogP contribution < -0.4 is 0 Å². The molecule has 1 N–H and O–H groups in total. The third-order valence-corrected chi connectivity index (χ3v) is 5.32. The van der Waals surface area contributed by atoms with Crippen molar-refractivity contribution in [3.63, 3.8) is 0 Å². The highest BCUT2D eigenvalue weighted by Crippen LogP contribution is 2.10. The quantitative estimate of drug-likeness (QED) is 0.0893. The number of nitrogens with zero attached hydrogens (tertiary/aromatic N) is 1. The Morgan fingerprint density at radius 1 is 1.00 bits per heavy atom. The van der Waals surface area contributed by atoms with E-state index in [1.165, 1.54) is 0 Å². The molecule has 0 aromatic rings. The lowest BCUT2D eigenvalue weighted by molar-refractivity contribution is -0.925. The molecule has 0 rings (SSSR count). The third-order valence-electron chi connectivity index (χ3n) is 4.53. The highest BCUT2D eigenvalue weighted by molar-refractivity contribution is 7.85. The molecule has 0 aromatic carbocycles. The first-order chi connectivity index (χ1) is 12.7. The number of esters is 1. The Bertz CT molecular complexity index is 530. The summed E-state index contributed by atoms with van der Waals surface area (Å²) < 4.78 is 48.9. The monoisotopic (exact) mass is 410 g/mol. The van der Waals surface area contributed by atoms with Gasteiger partial charge >= 0.3 is 5.97 Å². The van der Waals surface area contributed by atoms with Gasteiger partial charge in [-0.25, -0.2) is 8.42 Å². The Balaban J connectivity index is 3.86. The Kier molecular flexibility index (Phi) is 13.5. The van der Waals surface area contributed by atoms with E-state index in [9.17, 15) is 17.8 Å². The second-order valence-corrected chi connectivity index (χ2v) is 8.07. The molecule has 160 valence electrons. The zero-order valence-electron chi connectivity index (χ0n) is 16.9. The summed E-state index contributed by atoms with van der Waals surface area (Å²) in [4.78, 5) is 9.31. The summed E-state index contributed by atoms with van der Waals surface area (Å²) in [5, 5.41) is 0. The summed E-state index contributed by atoms with van der Waals surface area (Å²) in [6.07, 6.45) is 1.11. The molecule has 0 radical (unpaired) electrons. The lowest BCUT2D eigenvalue weighted by Crippen LogP contribution is -2.50. The van der Waals surface area contributed by atoms with Crippen LogP contribution in [-0.4, -0.2) is 93.2 Å². The van der Waals surface area contributed by atoms with Crippen LogP contribution in [0, 0.1) is 0 Å². The van der Waals surface area contributed by atoms with E-state index in [4.69, 9.17) is 14.2 Å².